The van der Waals surface area contributed by atoms with Gasteiger partial charge in [-0.3, -0.25) is 0 Å². The van der Waals surface area contributed by atoms with Gasteiger partial charge in [0.15, 0.2) is 8.56 Å². The molecule has 74 valence electrons. The van der Waals surface area contributed by atoms with Gasteiger partial charge in [-0.1, -0.05) is 26.2 Å². The molecule has 0 aromatic rings. The van der Waals surface area contributed by atoms with E-state index in [1.165, 1.54) is 0 Å². The van der Waals surface area contributed by atoms with Crippen molar-refractivity contribution in [3.63, 3.8) is 0 Å². The predicted octanol–water partition coefficient (Wildman–Crippen LogP) is 2.34. The SMILES string of the molecule is C[SiH](OCC(F)(F)F)[Si](C)(C)C. The zero-order chi connectivity index (χ0) is 9.99. The Bertz CT molecular complexity index is 141. The molecule has 1 unspecified atom stereocenters. The molecule has 0 heterocycles. The highest BCUT2D eigenvalue weighted by atomic mass is 29.2. The average molecular weight is 216 g/mol. The van der Waals surface area contributed by atoms with Gasteiger partial charge in [-0.15, -0.1) is 0 Å². The van der Waals surface area contributed by atoms with Gasteiger partial charge in [0.25, 0.3) is 0 Å². The first-order valence-corrected chi connectivity index (χ1v) is 10.7. The maximum atomic E-state index is 11.7. The average Bonchev–Trinajstić information content (AvgIpc) is 1.78. The molecule has 0 saturated carbocycles. The molecule has 0 bridgehead atoms. The van der Waals surface area contributed by atoms with Gasteiger partial charge in [-0.2, -0.15) is 13.2 Å². The third-order valence-corrected chi connectivity index (χ3v) is 12.6. The minimum absolute atomic E-state index is 1.06. The Labute approximate surface area is 73.4 Å². The molecule has 0 saturated heterocycles. The van der Waals surface area contributed by atoms with E-state index in [0.29, 0.717) is 0 Å². The second-order valence-electron chi connectivity index (χ2n) is 3.93. The molecule has 0 aliphatic rings. The molecule has 0 aliphatic carbocycles. The van der Waals surface area contributed by atoms with Crippen LogP contribution >= 0.6 is 0 Å². The largest absolute Gasteiger partial charge is 0.415 e. The number of rotatable bonds is 3. The predicted molar refractivity (Wildman–Crippen MR) is 48.4 cm³/mol. The number of hydrogen-bond acceptors (Lipinski definition) is 1. The molecule has 0 amide bonds. The van der Waals surface area contributed by atoms with Crippen LogP contribution in [0.1, 0.15) is 0 Å². The van der Waals surface area contributed by atoms with Crippen LogP contribution in [0, 0.1) is 0 Å². The number of alkyl halides is 3. The second-order valence-corrected chi connectivity index (χ2v) is 17.9. The Kier molecular flexibility index (Phi) is 3.99. The molecule has 0 aromatic carbocycles. The fourth-order valence-electron chi connectivity index (χ4n) is 0.469. The minimum atomic E-state index is -4.17. The van der Waals surface area contributed by atoms with E-state index < -0.39 is 28.9 Å². The molecule has 0 fully saturated rings. The van der Waals surface area contributed by atoms with Gasteiger partial charge >= 0.3 is 6.18 Å². The van der Waals surface area contributed by atoms with E-state index in [9.17, 15) is 13.2 Å². The Morgan fingerprint density at radius 3 is 1.92 bits per heavy atom. The van der Waals surface area contributed by atoms with E-state index in [-0.39, 0.29) is 0 Å². The van der Waals surface area contributed by atoms with E-state index in [2.05, 4.69) is 0 Å². The van der Waals surface area contributed by atoms with E-state index in [1.54, 1.807) is 0 Å². The molecular formula is C6H15F3OSi2. The zero-order valence-electron chi connectivity index (χ0n) is 7.83. The fraction of sp³-hybridized carbons (Fsp3) is 1.00. The van der Waals surface area contributed by atoms with Crippen molar-refractivity contribution in [2.24, 2.45) is 0 Å². The van der Waals surface area contributed by atoms with Crippen molar-refractivity contribution in [2.45, 2.75) is 32.4 Å². The van der Waals surface area contributed by atoms with Crippen LogP contribution in [0.2, 0.25) is 26.2 Å². The molecule has 0 rings (SSSR count). The number of halogens is 3. The van der Waals surface area contributed by atoms with Gasteiger partial charge < -0.3 is 4.43 Å². The third-order valence-electron chi connectivity index (χ3n) is 1.72. The molecule has 0 aromatic heterocycles. The second kappa shape index (κ2) is 3.93. The van der Waals surface area contributed by atoms with Crippen molar-refractivity contribution in [3.8, 4) is 0 Å². The third kappa shape index (κ3) is 5.79. The van der Waals surface area contributed by atoms with Gasteiger partial charge in [-0.25, -0.2) is 0 Å². The lowest BCUT2D eigenvalue weighted by Crippen LogP contribution is -2.44. The lowest BCUT2D eigenvalue weighted by Gasteiger charge is -2.24. The van der Waals surface area contributed by atoms with Crippen LogP contribution in [0.15, 0.2) is 0 Å². The number of hydrogen-bond donors (Lipinski definition) is 0. The highest BCUT2D eigenvalue weighted by molar-refractivity contribution is 7.28. The molecule has 1 atom stereocenters. The summed E-state index contributed by atoms with van der Waals surface area (Å²) in [5, 5.41) is 0. The van der Waals surface area contributed by atoms with Crippen molar-refractivity contribution in [2.75, 3.05) is 6.61 Å². The zero-order valence-corrected chi connectivity index (χ0v) is 9.98. The standard InChI is InChI=1S/C6H15F3OSi2/c1-11(12(2,3)4)10-5-6(7,8)9/h11H,5H2,1-4H3. The summed E-state index contributed by atoms with van der Waals surface area (Å²) in [6, 6.07) is 0. The van der Waals surface area contributed by atoms with Crippen molar-refractivity contribution >= 4 is 16.1 Å². The molecule has 1 nitrogen and oxygen atoms in total. The Morgan fingerprint density at radius 2 is 1.67 bits per heavy atom. The monoisotopic (exact) mass is 216 g/mol. The maximum absolute atomic E-state index is 11.7. The lowest BCUT2D eigenvalue weighted by molar-refractivity contribution is -0.153. The summed E-state index contributed by atoms with van der Waals surface area (Å²) in [5.74, 6) is 0. The normalized spacial score (nSPS) is 16.2. The summed E-state index contributed by atoms with van der Waals surface area (Å²) in [6.07, 6.45) is -4.17. The van der Waals surface area contributed by atoms with E-state index in [0.717, 1.165) is 0 Å². The molecule has 12 heavy (non-hydrogen) atoms. The van der Waals surface area contributed by atoms with Gasteiger partial charge in [-0.05, 0) is 0 Å². The highest BCUT2D eigenvalue weighted by Gasteiger charge is 2.32. The van der Waals surface area contributed by atoms with Gasteiger partial charge in [0.1, 0.15) is 6.61 Å². The topological polar surface area (TPSA) is 9.23 Å². The summed E-state index contributed by atoms with van der Waals surface area (Å²) in [6.45, 7) is 6.91. The van der Waals surface area contributed by atoms with Gasteiger partial charge in [0.2, 0.25) is 0 Å². The molecule has 0 spiro atoms. The first kappa shape index (κ1) is 12.2. The molecular weight excluding hydrogens is 201 g/mol. The first-order chi connectivity index (χ1) is 5.13. The van der Waals surface area contributed by atoms with Crippen LogP contribution in [-0.2, 0) is 4.43 Å². The fourth-order valence-corrected chi connectivity index (χ4v) is 3.16. The van der Waals surface area contributed by atoms with Crippen LogP contribution in [-0.4, -0.2) is 28.9 Å². The molecule has 0 radical (unpaired) electrons. The first-order valence-electron chi connectivity index (χ1n) is 3.81. The minimum Gasteiger partial charge on any atom is -0.415 e. The maximum Gasteiger partial charge on any atom is 0.410 e. The van der Waals surface area contributed by atoms with E-state index >= 15 is 0 Å². The Morgan fingerprint density at radius 1 is 1.25 bits per heavy atom. The van der Waals surface area contributed by atoms with Crippen molar-refractivity contribution in [1.29, 1.82) is 0 Å². The van der Waals surface area contributed by atoms with Crippen molar-refractivity contribution < 1.29 is 17.6 Å². The quantitative estimate of drug-likeness (QED) is 0.658. The van der Waals surface area contributed by atoms with Crippen LogP contribution in [0.4, 0.5) is 13.2 Å². The molecule has 0 aliphatic heterocycles. The van der Waals surface area contributed by atoms with Crippen LogP contribution in [0.3, 0.4) is 0 Å². The summed E-state index contributed by atoms with van der Waals surface area (Å²) in [5.41, 5.74) is 0. The van der Waals surface area contributed by atoms with E-state index in [4.69, 9.17) is 4.43 Å². The summed E-state index contributed by atoms with van der Waals surface area (Å²) >= 11 is 0. The summed E-state index contributed by atoms with van der Waals surface area (Å²) in [7, 11) is -3.02. The summed E-state index contributed by atoms with van der Waals surface area (Å²) < 4.78 is 40.0. The Balaban J connectivity index is 3.80. The van der Waals surface area contributed by atoms with Crippen LogP contribution in [0.25, 0.3) is 0 Å². The van der Waals surface area contributed by atoms with Gasteiger partial charge in [0.05, 0.1) is 7.59 Å². The van der Waals surface area contributed by atoms with Crippen molar-refractivity contribution in [3.05, 3.63) is 0 Å². The van der Waals surface area contributed by atoms with Crippen molar-refractivity contribution in [1.82, 2.24) is 0 Å². The Hall–Kier alpha value is 0.184. The molecule has 6 heteroatoms. The van der Waals surface area contributed by atoms with E-state index in [1.807, 2.05) is 26.2 Å². The smallest absolute Gasteiger partial charge is 0.410 e. The van der Waals surface area contributed by atoms with Gasteiger partial charge in [0, 0.05) is 0 Å². The molecule has 0 N–H and O–H groups in total. The van der Waals surface area contributed by atoms with Crippen LogP contribution < -0.4 is 0 Å². The van der Waals surface area contributed by atoms with Crippen LogP contribution in [0.5, 0.6) is 0 Å². The lowest BCUT2D eigenvalue weighted by atomic mass is 10.7. The highest BCUT2D eigenvalue weighted by Crippen LogP contribution is 2.17. The summed E-state index contributed by atoms with van der Waals surface area (Å²) in [4.78, 5) is 0.